The SMILES string of the molecule is Cn1cc(COc2c(F)cc(F)cc2S(N)(=O)=O)nn1. The first kappa shape index (κ1) is 14.3. The Kier molecular flexibility index (Phi) is 3.68. The summed E-state index contributed by atoms with van der Waals surface area (Å²) in [6, 6.07) is 1.09. The van der Waals surface area contributed by atoms with Crippen LogP contribution in [-0.2, 0) is 23.7 Å². The first-order valence-electron chi connectivity index (χ1n) is 5.27. The first-order chi connectivity index (χ1) is 9.27. The van der Waals surface area contributed by atoms with Gasteiger partial charge in [0.15, 0.2) is 11.6 Å². The molecule has 7 nitrogen and oxygen atoms in total. The average Bonchev–Trinajstić information content (AvgIpc) is 2.72. The van der Waals surface area contributed by atoms with Crippen LogP contribution in [0.25, 0.3) is 0 Å². The summed E-state index contributed by atoms with van der Waals surface area (Å²) in [5.74, 6) is -2.89. The van der Waals surface area contributed by atoms with E-state index in [1.165, 1.54) is 10.9 Å². The van der Waals surface area contributed by atoms with E-state index in [0.29, 0.717) is 17.8 Å². The van der Waals surface area contributed by atoms with Crippen molar-refractivity contribution in [2.45, 2.75) is 11.5 Å². The molecule has 0 amide bonds. The van der Waals surface area contributed by atoms with E-state index in [0.717, 1.165) is 0 Å². The molecule has 0 saturated carbocycles. The summed E-state index contributed by atoms with van der Waals surface area (Å²) >= 11 is 0. The number of hydrogen-bond acceptors (Lipinski definition) is 5. The van der Waals surface area contributed by atoms with E-state index in [-0.39, 0.29) is 6.61 Å². The number of sulfonamides is 1. The van der Waals surface area contributed by atoms with Crippen LogP contribution in [0.1, 0.15) is 5.69 Å². The molecule has 0 saturated heterocycles. The highest BCUT2D eigenvalue weighted by Gasteiger charge is 2.21. The summed E-state index contributed by atoms with van der Waals surface area (Å²) in [4.78, 5) is -0.765. The number of halogens is 2. The van der Waals surface area contributed by atoms with Gasteiger partial charge in [0, 0.05) is 13.1 Å². The van der Waals surface area contributed by atoms with E-state index in [2.05, 4.69) is 10.3 Å². The summed E-state index contributed by atoms with van der Waals surface area (Å²) < 4.78 is 55.7. The van der Waals surface area contributed by atoms with Gasteiger partial charge in [0.1, 0.15) is 23.0 Å². The largest absolute Gasteiger partial charge is 0.483 e. The lowest BCUT2D eigenvalue weighted by atomic mass is 10.3. The zero-order valence-corrected chi connectivity index (χ0v) is 11.1. The van der Waals surface area contributed by atoms with Gasteiger partial charge in [-0.1, -0.05) is 5.21 Å². The standard InChI is InChI=1S/C10H10F2N4O3S/c1-16-4-7(14-15-16)5-19-10-8(12)2-6(11)3-9(10)20(13,17)18/h2-4H,5H2,1H3,(H2,13,17,18). The van der Waals surface area contributed by atoms with Crippen LogP contribution >= 0.6 is 0 Å². The molecule has 0 spiro atoms. The van der Waals surface area contributed by atoms with Crippen molar-refractivity contribution in [1.82, 2.24) is 15.0 Å². The lowest BCUT2D eigenvalue weighted by Gasteiger charge is -2.10. The molecule has 2 aromatic rings. The molecule has 0 radical (unpaired) electrons. The molecule has 20 heavy (non-hydrogen) atoms. The highest BCUT2D eigenvalue weighted by atomic mass is 32.2. The van der Waals surface area contributed by atoms with E-state index in [9.17, 15) is 17.2 Å². The molecule has 1 aromatic heterocycles. The number of hydrogen-bond donors (Lipinski definition) is 1. The summed E-state index contributed by atoms with van der Waals surface area (Å²) in [6.45, 7) is -0.237. The van der Waals surface area contributed by atoms with Gasteiger partial charge in [-0.3, -0.25) is 4.68 Å². The molecule has 0 aliphatic carbocycles. The van der Waals surface area contributed by atoms with Gasteiger partial charge in [0.05, 0.1) is 6.20 Å². The minimum absolute atomic E-state index is 0.237. The van der Waals surface area contributed by atoms with E-state index in [4.69, 9.17) is 9.88 Å². The normalized spacial score (nSPS) is 11.6. The van der Waals surface area contributed by atoms with Crippen LogP contribution < -0.4 is 9.88 Å². The fourth-order valence-corrected chi connectivity index (χ4v) is 2.19. The topological polar surface area (TPSA) is 100 Å². The van der Waals surface area contributed by atoms with Crippen molar-refractivity contribution in [2.75, 3.05) is 0 Å². The predicted molar refractivity (Wildman–Crippen MR) is 63.1 cm³/mol. The third-order valence-electron chi connectivity index (χ3n) is 2.30. The minimum atomic E-state index is -4.32. The maximum Gasteiger partial charge on any atom is 0.241 e. The lowest BCUT2D eigenvalue weighted by Crippen LogP contribution is -2.15. The second kappa shape index (κ2) is 5.13. The van der Waals surface area contributed by atoms with Gasteiger partial charge in [0.2, 0.25) is 10.0 Å². The van der Waals surface area contributed by atoms with Gasteiger partial charge in [0.25, 0.3) is 0 Å². The van der Waals surface area contributed by atoms with Crippen LogP contribution in [0.5, 0.6) is 5.75 Å². The Labute approximate surface area is 113 Å². The molecule has 1 aromatic carbocycles. The number of nitrogens with zero attached hydrogens (tertiary/aromatic N) is 3. The minimum Gasteiger partial charge on any atom is -0.483 e. The quantitative estimate of drug-likeness (QED) is 0.876. The number of primary sulfonamides is 1. The number of rotatable bonds is 4. The second-order valence-electron chi connectivity index (χ2n) is 3.93. The molecule has 2 N–H and O–H groups in total. The number of ether oxygens (including phenoxy) is 1. The first-order valence-corrected chi connectivity index (χ1v) is 6.82. The second-order valence-corrected chi connectivity index (χ2v) is 5.46. The third-order valence-corrected chi connectivity index (χ3v) is 3.21. The van der Waals surface area contributed by atoms with Crippen molar-refractivity contribution in [3.05, 3.63) is 35.7 Å². The molecule has 0 atom stereocenters. The van der Waals surface area contributed by atoms with Crippen LogP contribution in [0.2, 0.25) is 0 Å². The molecule has 10 heteroatoms. The fourth-order valence-electron chi connectivity index (χ4n) is 1.50. The van der Waals surface area contributed by atoms with E-state index >= 15 is 0 Å². The van der Waals surface area contributed by atoms with E-state index in [1.807, 2.05) is 0 Å². The lowest BCUT2D eigenvalue weighted by molar-refractivity contribution is 0.276. The van der Waals surface area contributed by atoms with Gasteiger partial charge in [-0.25, -0.2) is 22.3 Å². The molecule has 0 aliphatic rings. The molecule has 0 unspecified atom stereocenters. The maximum absolute atomic E-state index is 13.6. The van der Waals surface area contributed by atoms with Crippen molar-refractivity contribution < 1.29 is 21.9 Å². The highest BCUT2D eigenvalue weighted by Crippen LogP contribution is 2.28. The Morgan fingerprint density at radius 1 is 1.40 bits per heavy atom. The number of nitrogens with two attached hydrogens (primary N) is 1. The average molecular weight is 304 g/mol. The zero-order chi connectivity index (χ0) is 14.9. The maximum atomic E-state index is 13.6. The fraction of sp³-hybridized carbons (Fsp3) is 0.200. The Balaban J connectivity index is 2.35. The van der Waals surface area contributed by atoms with Crippen LogP contribution in [0.3, 0.4) is 0 Å². The monoisotopic (exact) mass is 304 g/mol. The summed E-state index contributed by atoms with van der Waals surface area (Å²) in [5, 5.41) is 12.2. The van der Waals surface area contributed by atoms with Gasteiger partial charge in [-0.15, -0.1) is 5.10 Å². The van der Waals surface area contributed by atoms with Crippen molar-refractivity contribution in [1.29, 1.82) is 0 Å². The Morgan fingerprint density at radius 2 is 2.10 bits per heavy atom. The van der Waals surface area contributed by atoms with Crippen LogP contribution in [0.4, 0.5) is 8.78 Å². The van der Waals surface area contributed by atoms with Gasteiger partial charge in [-0.05, 0) is 6.07 Å². The number of aromatic nitrogens is 3. The molecule has 0 fully saturated rings. The van der Waals surface area contributed by atoms with Gasteiger partial charge >= 0.3 is 0 Å². The Bertz CT molecular complexity index is 745. The number of benzene rings is 1. The molecule has 1 heterocycles. The molecular formula is C10H10F2N4O3S. The molecule has 2 rings (SSSR count). The smallest absolute Gasteiger partial charge is 0.241 e. The van der Waals surface area contributed by atoms with E-state index < -0.39 is 32.3 Å². The van der Waals surface area contributed by atoms with Crippen molar-refractivity contribution >= 4 is 10.0 Å². The molecular weight excluding hydrogens is 294 g/mol. The number of aryl methyl sites for hydroxylation is 1. The Morgan fingerprint density at radius 3 is 2.65 bits per heavy atom. The summed E-state index contributed by atoms with van der Waals surface area (Å²) in [7, 11) is -2.71. The van der Waals surface area contributed by atoms with Crippen LogP contribution in [0, 0.1) is 11.6 Å². The van der Waals surface area contributed by atoms with Gasteiger partial charge < -0.3 is 4.74 Å². The summed E-state index contributed by atoms with van der Waals surface area (Å²) in [5.41, 5.74) is 0.344. The molecule has 108 valence electrons. The zero-order valence-electron chi connectivity index (χ0n) is 10.2. The predicted octanol–water partition coefficient (Wildman–Crippen LogP) is 0.320. The molecule has 0 bridgehead atoms. The third kappa shape index (κ3) is 3.08. The Hall–Kier alpha value is -2.07. The molecule has 0 aliphatic heterocycles. The van der Waals surface area contributed by atoms with Gasteiger partial charge in [-0.2, -0.15) is 0 Å². The van der Waals surface area contributed by atoms with E-state index in [1.54, 1.807) is 7.05 Å². The highest BCUT2D eigenvalue weighted by molar-refractivity contribution is 7.89. The van der Waals surface area contributed by atoms with Crippen molar-refractivity contribution in [3.8, 4) is 5.75 Å². The van der Waals surface area contributed by atoms with Crippen molar-refractivity contribution in [2.24, 2.45) is 12.2 Å². The van der Waals surface area contributed by atoms with Crippen molar-refractivity contribution in [3.63, 3.8) is 0 Å². The van der Waals surface area contributed by atoms with Crippen LogP contribution in [-0.4, -0.2) is 23.4 Å². The summed E-state index contributed by atoms with van der Waals surface area (Å²) in [6.07, 6.45) is 1.50. The van der Waals surface area contributed by atoms with Crippen LogP contribution in [0.15, 0.2) is 23.2 Å².